The Morgan fingerprint density at radius 3 is 2.53 bits per heavy atom. The zero-order chi connectivity index (χ0) is 14.0. The van der Waals surface area contributed by atoms with Gasteiger partial charge in [-0.1, -0.05) is 13.8 Å². The molecule has 2 atom stereocenters. The highest BCUT2D eigenvalue weighted by Gasteiger charge is 2.37. The van der Waals surface area contributed by atoms with Crippen molar-refractivity contribution in [2.75, 3.05) is 26.7 Å². The Hall–Kier alpha value is -0.770. The lowest BCUT2D eigenvalue weighted by Crippen LogP contribution is -2.47. The minimum Gasteiger partial charge on any atom is -0.356 e. The first-order chi connectivity index (χ1) is 8.93. The van der Waals surface area contributed by atoms with E-state index in [1.165, 1.54) is 19.4 Å². The standard InChI is InChI=1S/C15H30N4/c1-11(2)19-8-12(3)13(9-19)18-14(16-5)17-10-15(4)6-7-15/h11-13H,6-10H2,1-5H3,(H2,16,17,18). The summed E-state index contributed by atoms with van der Waals surface area (Å²) < 4.78 is 0. The molecule has 0 aromatic carbocycles. The maximum Gasteiger partial charge on any atom is 0.191 e. The molecule has 2 rings (SSSR count). The van der Waals surface area contributed by atoms with Crippen molar-refractivity contribution >= 4 is 5.96 Å². The molecule has 1 heterocycles. The Morgan fingerprint density at radius 2 is 2.05 bits per heavy atom. The van der Waals surface area contributed by atoms with Gasteiger partial charge in [-0.2, -0.15) is 0 Å². The molecular formula is C15H30N4. The van der Waals surface area contributed by atoms with E-state index < -0.39 is 0 Å². The van der Waals surface area contributed by atoms with Gasteiger partial charge in [0.2, 0.25) is 0 Å². The van der Waals surface area contributed by atoms with Crippen molar-refractivity contribution in [2.24, 2.45) is 16.3 Å². The van der Waals surface area contributed by atoms with Crippen LogP contribution in [0.4, 0.5) is 0 Å². The number of guanidine groups is 1. The second-order valence-corrected chi connectivity index (χ2v) is 7.01. The van der Waals surface area contributed by atoms with E-state index >= 15 is 0 Å². The summed E-state index contributed by atoms with van der Waals surface area (Å²) in [6.45, 7) is 12.6. The summed E-state index contributed by atoms with van der Waals surface area (Å²) in [5, 5.41) is 7.08. The van der Waals surface area contributed by atoms with E-state index in [0.717, 1.165) is 19.0 Å². The molecule has 1 aliphatic carbocycles. The number of aliphatic imine (C=N–C) groups is 1. The van der Waals surface area contributed by atoms with Crippen LogP contribution in [-0.4, -0.2) is 49.6 Å². The van der Waals surface area contributed by atoms with Crippen LogP contribution in [0.25, 0.3) is 0 Å². The topological polar surface area (TPSA) is 39.7 Å². The molecule has 0 aromatic heterocycles. The van der Waals surface area contributed by atoms with Gasteiger partial charge in [-0.15, -0.1) is 0 Å². The second kappa shape index (κ2) is 5.70. The summed E-state index contributed by atoms with van der Waals surface area (Å²) in [4.78, 5) is 6.90. The van der Waals surface area contributed by atoms with Crippen LogP contribution in [-0.2, 0) is 0 Å². The SMILES string of the molecule is CN=C(NCC1(C)CC1)NC1CN(C(C)C)CC1C. The summed E-state index contributed by atoms with van der Waals surface area (Å²) >= 11 is 0. The van der Waals surface area contributed by atoms with Gasteiger partial charge in [0.25, 0.3) is 0 Å². The van der Waals surface area contributed by atoms with E-state index in [0.29, 0.717) is 23.4 Å². The molecule has 2 unspecified atom stereocenters. The fourth-order valence-corrected chi connectivity index (χ4v) is 2.67. The van der Waals surface area contributed by atoms with E-state index in [-0.39, 0.29) is 0 Å². The van der Waals surface area contributed by atoms with Crippen molar-refractivity contribution in [3.63, 3.8) is 0 Å². The Morgan fingerprint density at radius 1 is 1.37 bits per heavy atom. The molecular weight excluding hydrogens is 236 g/mol. The monoisotopic (exact) mass is 266 g/mol. The van der Waals surface area contributed by atoms with Gasteiger partial charge in [0, 0.05) is 38.8 Å². The lowest BCUT2D eigenvalue weighted by Gasteiger charge is -2.22. The highest BCUT2D eigenvalue weighted by molar-refractivity contribution is 5.80. The average molecular weight is 266 g/mol. The van der Waals surface area contributed by atoms with Crippen LogP contribution in [0, 0.1) is 11.3 Å². The number of hydrogen-bond acceptors (Lipinski definition) is 2. The summed E-state index contributed by atoms with van der Waals surface area (Å²) in [6, 6.07) is 1.15. The van der Waals surface area contributed by atoms with Gasteiger partial charge in [-0.05, 0) is 38.0 Å². The van der Waals surface area contributed by atoms with Gasteiger partial charge in [0.05, 0.1) is 0 Å². The predicted molar refractivity (Wildman–Crippen MR) is 81.5 cm³/mol. The van der Waals surface area contributed by atoms with Crippen molar-refractivity contribution in [1.29, 1.82) is 0 Å². The lowest BCUT2D eigenvalue weighted by atomic mass is 10.1. The van der Waals surface area contributed by atoms with Crippen molar-refractivity contribution in [1.82, 2.24) is 15.5 Å². The van der Waals surface area contributed by atoms with Gasteiger partial charge in [0.1, 0.15) is 0 Å². The fraction of sp³-hybridized carbons (Fsp3) is 0.933. The summed E-state index contributed by atoms with van der Waals surface area (Å²) in [5.41, 5.74) is 0.517. The lowest BCUT2D eigenvalue weighted by molar-refractivity contribution is 0.265. The van der Waals surface area contributed by atoms with E-state index in [2.05, 4.69) is 48.2 Å². The largest absolute Gasteiger partial charge is 0.356 e. The molecule has 0 bridgehead atoms. The molecule has 1 aliphatic heterocycles. The van der Waals surface area contributed by atoms with Crippen LogP contribution in [0.1, 0.15) is 40.5 Å². The van der Waals surface area contributed by atoms with Gasteiger partial charge in [-0.25, -0.2) is 0 Å². The van der Waals surface area contributed by atoms with Crippen molar-refractivity contribution in [2.45, 2.75) is 52.6 Å². The predicted octanol–water partition coefficient (Wildman–Crippen LogP) is 1.68. The molecule has 110 valence electrons. The molecule has 19 heavy (non-hydrogen) atoms. The number of likely N-dealkylation sites (tertiary alicyclic amines) is 1. The Bertz CT molecular complexity index is 333. The molecule has 0 amide bonds. The van der Waals surface area contributed by atoms with Crippen molar-refractivity contribution in [3.8, 4) is 0 Å². The molecule has 4 heteroatoms. The highest BCUT2D eigenvalue weighted by Crippen LogP contribution is 2.43. The zero-order valence-corrected chi connectivity index (χ0v) is 13.2. The minimum absolute atomic E-state index is 0.514. The molecule has 2 aliphatic rings. The van der Waals surface area contributed by atoms with E-state index in [1.54, 1.807) is 0 Å². The highest BCUT2D eigenvalue weighted by atomic mass is 15.3. The third-order valence-corrected chi connectivity index (χ3v) is 4.70. The quantitative estimate of drug-likeness (QED) is 0.601. The van der Waals surface area contributed by atoms with Gasteiger partial charge in [-0.3, -0.25) is 9.89 Å². The van der Waals surface area contributed by atoms with Crippen LogP contribution in [0.15, 0.2) is 4.99 Å². The van der Waals surface area contributed by atoms with Crippen molar-refractivity contribution in [3.05, 3.63) is 0 Å². The minimum atomic E-state index is 0.514. The fourth-order valence-electron chi connectivity index (χ4n) is 2.67. The number of nitrogens with one attached hydrogen (secondary N) is 2. The molecule has 4 nitrogen and oxygen atoms in total. The Kier molecular flexibility index (Phi) is 4.39. The smallest absolute Gasteiger partial charge is 0.191 e. The summed E-state index contributed by atoms with van der Waals surface area (Å²) in [5.74, 6) is 1.65. The third-order valence-electron chi connectivity index (χ3n) is 4.70. The normalized spacial score (nSPS) is 30.7. The molecule has 0 spiro atoms. The number of rotatable bonds is 4. The van der Waals surface area contributed by atoms with Crippen LogP contribution in [0.5, 0.6) is 0 Å². The molecule has 2 fully saturated rings. The van der Waals surface area contributed by atoms with Gasteiger partial charge >= 0.3 is 0 Å². The number of nitrogens with zero attached hydrogens (tertiary/aromatic N) is 2. The van der Waals surface area contributed by atoms with E-state index in [9.17, 15) is 0 Å². The van der Waals surface area contributed by atoms with E-state index in [4.69, 9.17) is 0 Å². The van der Waals surface area contributed by atoms with E-state index in [1.807, 2.05) is 7.05 Å². The maximum atomic E-state index is 4.36. The van der Waals surface area contributed by atoms with Gasteiger partial charge in [0.15, 0.2) is 5.96 Å². The van der Waals surface area contributed by atoms with Gasteiger partial charge < -0.3 is 10.6 Å². The second-order valence-electron chi connectivity index (χ2n) is 7.01. The zero-order valence-electron chi connectivity index (χ0n) is 13.2. The number of hydrogen-bond donors (Lipinski definition) is 2. The Balaban J connectivity index is 1.81. The molecule has 0 aromatic rings. The molecule has 2 N–H and O–H groups in total. The third kappa shape index (κ3) is 3.85. The van der Waals surface area contributed by atoms with Crippen LogP contribution < -0.4 is 10.6 Å². The molecule has 0 radical (unpaired) electrons. The van der Waals surface area contributed by atoms with Crippen LogP contribution in [0.3, 0.4) is 0 Å². The van der Waals surface area contributed by atoms with Crippen LogP contribution >= 0.6 is 0 Å². The Labute approximate surface area is 118 Å². The first kappa shape index (κ1) is 14.6. The maximum absolute atomic E-state index is 4.36. The first-order valence-corrected chi connectivity index (χ1v) is 7.65. The van der Waals surface area contributed by atoms with Crippen molar-refractivity contribution < 1.29 is 0 Å². The first-order valence-electron chi connectivity index (χ1n) is 7.65. The summed E-state index contributed by atoms with van der Waals surface area (Å²) in [7, 11) is 1.87. The molecule has 1 saturated heterocycles. The van der Waals surface area contributed by atoms with Crippen LogP contribution in [0.2, 0.25) is 0 Å². The summed E-state index contributed by atoms with van der Waals surface area (Å²) in [6.07, 6.45) is 2.69. The average Bonchev–Trinajstić information content (AvgIpc) is 2.98. The molecule has 1 saturated carbocycles.